The van der Waals surface area contributed by atoms with Crippen LogP contribution >= 0.6 is 0 Å². The van der Waals surface area contributed by atoms with E-state index in [1.807, 2.05) is 19.9 Å². The molecule has 0 saturated heterocycles. The minimum Gasteiger partial charge on any atom is -0.345 e. The highest BCUT2D eigenvalue weighted by atomic mass is 16.5. The molecule has 3 heteroatoms. The maximum atomic E-state index is 8.47. The first-order valence-electron chi connectivity index (χ1n) is 3.10. The number of rotatable bonds is 1. The molecule has 0 N–H and O–H groups in total. The third-order valence-corrected chi connectivity index (χ3v) is 1.32. The van der Waals surface area contributed by atoms with Crippen LogP contribution in [0.4, 0.5) is 0 Å². The standard InChI is InChI=1S/C7H8N2O/c1-5(2)6-4-9-10-7(6)3-8/h4-5H,1-2H3. The molecule has 0 saturated carbocycles. The van der Waals surface area contributed by atoms with Crippen molar-refractivity contribution in [3.8, 4) is 6.07 Å². The lowest BCUT2D eigenvalue weighted by atomic mass is 10.1. The molecule has 1 heterocycles. The van der Waals surface area contributed by atoms with Crippen LogP contribution in [-0.4, -0.2) is 5.16 Å². The minimum absolute atomic E-state index is 0.306. The summed E-state index contributed by atoms with van der Waals surface area (Å²) in [6, 6.07) is 1.93. The average molecular weight is 136 g/mol. The van der Waals surface area contributed by atoms with Gasteiger partial charge in [0.1, 0.15) is 6.07 Å². The van der Waals surface area contributed by atoms with Crippen molar-refractivity contribution in [2.75, 3.05) is 0 Å². The van der Waals surface area contributed by atoms with Gasteiger partial charge in [0.15, 0.2) is 0 Å². The van der Waals surface area contributed by atoms with Crippen molar-refractivity contribution < 1.29 is 4.52 Å². The summed E-state index contributed by atoms with van der Waals surface area (Å²) in [5, 5.41) is 12.0. The topological polar surface area (TPSA) is 49.8 Å². The van der Waals surface area contributed by atoms with Crippen LogP contribution < -0.4 is 0 Å². The predicted octanol–water partition coefficient (Wildman–Crippen LogP) is 1.67. The summed E-state index contributed by atoms with van der Waals surface area (Å²) in [4.78, 5) is 0. The van der Waals surface area contributed by atoms with Crippen LogP contribution in [0, 0.1) is 11.3 Å². The van der Waals surface area contributed by atoms with Crippen LogP contribution in [0.15, 0.2) is 10.7 Å². The molecule has 0 bridgehead atoms. The van der Waals surface area contributed by atoms with Gasteiger partial charge < -0.3 is 4.52 Å². The molecule has 0 amide bonds. The van der Waals surface area contributed by atoms with Crippen molar-refractivity contribution in [2.45, 2.75) is 19.8 Å². The van der Waals surface area contributed by atoms with E-state index in [4.69, 9.17) is 5.26 Å². The summed E-state index contributed by atoms with van der Waals surface area (Å²) in [6.07, 6.45) is 1.59. The highest BCUT2D eigenvalue weighted by molar-refractivity contribution is 5.27. The fourth-order valence-electron chi connectivity index (χ4n) is 0.743. The number of aromatic nitrogens is 1. The molecule has 0 aliphatic carbocycles. The first-order valence-corrected chi connectivity index (χ1v) is 3.10. The summed E-state index contributed by atoms with van der Waals surface area (Å²) >= 11 is 0. The van der Waals surface area contributed by atoms with E-state index in [1.54, 1.807) is 6.20 Å². The Kier molecular flexibility index (Phi) is 1.72. The van der Waals surface area contributed by atoms with Crippen molar-refractivity contribution in [1.82, 2.24) is 5.16 Å². The predicted molar refractivity (Wildman–Crippen MR) is 35.3 cm³/mol. The molecule has 0 atom stereocenters. The second kappa shape index (κ2) is 2.53. The van der Waals surface area contributed by atoms with E-state index in [-0.39, 0.29) is 0 Å². The molecule has 0 unspecified atom stereocenters. The Morgan fingerprint density at radius 2 is 2.40 bits per heavy atom. The van der Waals surface area contributed by atoms with Crippen molar-refractivity contribution in [3.05, 3.63) is 17.5 Å². The lowest BCUT2D eigenvalue weighted by Crippen LogP contribution is -1.85. The molecule has 52 valence electrons. The largest absolute Gasteiger partial charge is 0.345 e. The van der Waals surface area contributed by atoms with E-state index in [0.717, 1.165) is 5.56 Å². The van der Waals surface area contributed by atoms with Gasteiger partial charge in [0.2, 0.25) is 5.76 Å². The van der Waals surface area contributed by atoms with Gasteiger partial charge >= 0.3 is 0 Å². The Morgan fingerprint density at radius 3 is 2.80 bits per heavy atom. The van der Waals surface area contributed by atoms with Crippen LogP contribution in [0.2, 0.25) is 0 Å². The van der Waals surface area contributed by atoms with Crippen molar-refractivity contribution in [3.63, 3.8) is 0 Å². The fourth-order valence-corrected chi connectivity index (χ4v) is 0.743. The molecule has 0 aromatic carbocycles. The van der Waals surface area contributed by atoms with Crippen molar-refractivity contribution in [1.29, 1.82) is 5.26 Å². The molecule has 3 nitrogen and oxygen atoms in total. The summed E-state index contributed by atoms with van der Waals surface area (Å²) < 4.78 is 4.66. The van der Waals surface area contributed by atoms with E-state index in [0.29, 0.717) is 11.7 Å². The van der Waals surface area contributed by atoms with Gasteiger partial charge in [-0.15, -0.1) is 0 Å². The lowest BCUT2D eigenvalue weighted by Gasteiger charge is -1.96. The first-order chi connectivity index (χ1) is 4.75. The quantitative estimate of drug-likeness (QED) is 0.590. The molecular weight excluding hydrogens is 128 g/mol. The van der Waals surface area contributed by atoms with E-state index < -0.39 is 0 Å². The third kappa shape index (κ3) is 1.01. The molecule has 0 aliphatic rings. The Hall–Kier alpha value is -1.30. The molecule has 1 aromatic rings. The first kappa shape index (κ1) is 6.81. The molecule has 0 radical (unpaired) electrons. The number of hydrogen-bond acceptors (Lipinski definition) is 3. The zero-order chi connectivity index (χ0) is 7.56. The van der Waals surface area contributed by atoms with E-state index in [9.17, 15) is 0 Å². The molecular formula is C7H8N2O. The summed E-state index contributed by atoms with van der Waals surface area (Å²) in [5.74, 6) is 0.635. The highest BCUT2D eigenvalue weighted by Crippen LogP contribution is 2.17. The molecule has 0 fully saturated rings. The fraction of sp³-hybridized carbons (Fsp3) is 0.429. The Balaban J connectivity index is 3.05. The summed E-state index contributed by atoms with van der Waals surface area (Å²) in [7, 11) is 0. The minimum atomic E-state index is 0.306. The average Bonchev–Trinajstić information content (AvgIpc) is 2.33. The van der Waals surface area contributed by atoms with Gasteiger partial charge in [0.25, 0.3) is 0 Å². The van der Waals surface area contributed by atoms with Crippen LogP contribution in [0.3, 0.4) is 0 Å². The Labute approximate surface area is 59.2 Å². The third-order valence-electron chi connectivity index (χ3n) is 1.32. The van der Waals surface area contributed by atoms with Gasteiger partial charge in [0.05, 0.1) is 6.20 Å². The second-order valence-corrected chi connectivity index (χ2v) is 2.38. The molecule has 1 aromatic heterocycles. The van der Waals surface area contributed by atoms with Gasteiger partial charge in [-0.3, -0.25) is 0 Å². The van der Waals surface area contributed by atoms with E-state index in [2.05, 4.69) is 9.68 Å². The normalized spacial score (nSPS) is 9.80. The van der Waals surface area contributed by atoms with Gasteiger partial charge in [-0.2, -0.15) is 5.26 Å². The second-order valence-electron chi connectivity index (χ2n) is 2.38. The number of hydrogen-bond donors (Lipinski definition) is 0. The number of nitriles is 1. The maximum Gasteiger partial charge on any atom is 0.239 e. The molecule has 0 aliphatic heterocycles. The maximum absolute atomic E-state index is 8.47. The monoisotopic (exact) mass is 136 g/mol. The van der Waals surface area contributed by atoms with Crippen LogP contribution in [0.5, 0.6) is 0 Å². The molecule has 1 rings (SSSR count). The van der Waals surface area contributed by atoms with Gasteiger partial charge in [0, 0.05) is 5.56 Å². The zero-order valence-electron chi connectivity index (χ0n) is 5.96. The van der Waals surface area contributed by atoms with Crippen molar-refractivity contribution in [2.24, 2.45) is 0 Å². The number of nitrogens with zero attached hydrogens (tertiary/aromatic N) is 2. The van der Waals surface area contributed by atoms with E-state index in [1.165, 1.54) is 0 Å². The van der Waals surface area contributed by atoms with Crippen LogP contribution in [-0.2, 0) is 0 Å². The SMILES string of the molecule is CC(C)c1cnoc1C#N. The summed E-state index contributed by atoms with van der Waals surface area (Å²) in [5.41, 5.74) is 0.877. The van der Waals surface area contributed by atoms with Gasteiger partial charge in [-0.1, -0.05) is 19.0 Å². The van der Waals surface area contributed by atoms with Crippen molar-refractivity contribution >= 4 is 0 Å². The lowest BCUT2D eigenvalue weighted by molar-refractivity contribution is 0.408. The van der Waals surface area contributed by atoms with Crippen LogP contribution in [0.1, 0.15) is 31.1 Å². The van der Waals surface area contributed by atoms with E-state index >= 15 is 0 Å². The van der Waals surface area contributed by atoms with Gasteiger partial charge in [-0.05, 0) is 5.92 Å². The Bertz CT molecular complexity index is 257. The smallest absolute Gasteiger partial charge is 0.239 e. The molecule has 0 spiro atoms. The Morgan fingerprint density at radius 1 is 1.70 bits per heavy atom. The van der Waals surface area contributed by atoms with Crippen LogP contribution in [0.25, 0.3) is 0 Å². The zero-order valence-corrected chi connectivity index (χ0v) is 5.96. The van der Waals surface area contributed by atoms with Gasteiger partial charge in [-0.25, -0.2) is 0 Å². The molecule has 10 heavy (non-hydrogen) atoms. The highest BCUT2D eigenvalue weighted by Gasteiger charge is 2.09. The summed E-state index contributed by atoms with van der Waals surface area (Å²) in [6.45, 7) is 3.99.